The van der Waals surface area contributed by atoms with Gasteiger partial charge >= 0.3 is 0 Å². The van der Waals surface area contributed by atoms with E-state index in [0.29, 0.717) is 18.7 Å². The fraction of sp³-hybridized carbons (Fsp3) is 0.360. The molecule has 0 unspecified atom stereocenters. The maximum atomic E-state index is 12.6. The lowest BCUT2D eigenvalue weighted by Crippen LogP contribution is -2.35. The highest BCUT2D eigenvalue weighted by atomic mass is 32.2. The summed E-state index contributed by atoms with van der Waals surface area (Å²) in [5.41, 5.74) is 2.83. The van der Waals surface area contributed by atoms with Crippen LogP contribution in [0.5, 0.6) is 0 Å². The van der Waals surface area contributed by atoms with Crippen molar-refractivity contribution in [3.63, 3.8) is 0 Å². The molecule has 2 amide bonds. The normalized spacial score (nSPS) is 13.7. The standard InChI is InChI=1S/C25H29N5O2S/c1-19-27-28-25(30(19)17-21-8-4-2-5-9-21)33-18-23(31)26-16-20-10-12-22(13-11-20)24(32)29-14-6-3-7-15-29/h2,4-5,8-13H,3,6-7,14-18H2,1H3,(H,26,31). The minimum atomic E-state index is -0.0691. The van der Waals surface area contributed by atoms with Crippen LogP contribution in [0.25, 0.3) is 0 Å². The number of amides is 2. The van der Waals surface area contributed by atoms with E-state index in [1.165, 1.54) is 18.2 Å². The summed E-state index contributed by atoms with van der Waals surface area (Å²) in [6, 6.07) is 17.6. The van der Waals surface area contributed by atoms with Gasteiger partial charge in [0.05, 0.1) is 12.3 Å². The SMILES string of the molecule is Cc1nnc(SCC(=O)NCc2ccc(C(=O)N3CCCCC3)cc2)n1Cc1ccccc1. The minimum absolute atomic E-state index is 0.0691. The topological polar surface area (TPSA) is 80.1 Å². The van der Waals surface area contributed by atoms with Crippen molar-refractivity contribution in [1.82, 2.24) is 25.0 Å². The summed E-state index contributed by atoms with van der Waals surface area (Å²) >= 11 is 1.38. The first-order chi connectivity index (χ1) is 16.1. The van der Waals surface area contributed by atoms with Crippen LogP contribution in [0.2, 0.25) is 0 Å². The van der Waals surface area contributed by atoms with Crippen molar-refractivity contribution in [2.75, 3.05) is 18.8 Å². The van der Waals surface area contributed by atoms with Crippen LogP contribution >= 0.6 is 11.8 Å². The smallest absolute Gasteiger partial charge is 0.253 e. The summed E-state index contributed by atoms with van der Waals surface area (Å²) in [4.78, 5) is 26.9. The third kappa shape index (κ3) is 6.22. The zero-order valence-electron chi connectivity index (χ0n) is 18.9. The number of piperidine rings is 1. The van der Waals surface area contributed by atoms with Gasteiger partial charge < -0.3 is 14.8 Å². The molecule has 8 heteroatoms. The number of carbonyl (C=O) groups is 2. The molecule has 0 atom stereocenters. The van der Waals surface area contributed by atoms with Crippen molar-refractivity contribution in [2.45, 2.75) is 44.4 Å². The third-order valence-electron chi connectivity index (χ3n) is 5.75. The Morgan fingerprint density at radius 2 is 1.67 bits per heavy atom. The van der Waals surface area contributed by atoms with E-state index >= 15 is 0 Å². The lowest BCUT2D eigenvalue weighted by atomic mass is 10.1. The summed E-state index contributed by atoms with van der Waals surface area (Å²) in [5.74, 6) is 1.11. The van der Waals surface area contributed by atoms with Gasteiger partial charge in [-0.25, -0.2) is 0 Å². The molecule has 3 aromatic rings. The molecule has 1 aliphatic rings. The van der Waals surface area contributed by atoms with Crippen LogP contribution in [0.15, 0.2) is 59.8 Å². The van der Waals surface area contributed by atoms with Crippen molar-refractivity contribution in [3.05, 3.63) is 77.1 Å². The van der Waals surface area contributed by atoms with Gasteiger partial charge in [-0.15, -0.1) is 10.2 Å². The quantitative estimate of drug-likeness (QED) is 0.516. The van der Waals surface area contributed by atoms with E-state index in [4.69, 9.17) is 0 Å². The summed E-state index contributed by atoms with van der Waals surface area (Å²) in [6.45, 7) is 4.69. The fourth-order valence-corrected chi connectivity index (χ4v) is 4.66. The number of carbonyl (C=O) groups excluding carboxylic acids is 2. The van der Waals surface area contributed by atoms with Crippen LogP contribution < -0.4 is 5.32 Å². The van der Waals surface area contributed by atoms with Crippen LogP contribution in [0, 0.1) is 6.92 Å². The van der Waals surface area contributed by atoms with Crippen LogP contribution in [-0.4, -0.2) is 50.3 Å². The average molecular weight is 464 g/mol. The molecule has 33 heavy (non-hydrogen) atoms. The first kappa shape index (κ1) is 23.0. The second kappa shape index (κ2) is 11.1. The molecule has 0 aliphatic carbocycles. The first-order valence-electron chi connectivity index (χ1n) is 11.3. The molecule has 1 N–H and O–H groups in total. The van der Waals surface area contributed by atoms with Gasteiger partial charge in [0.15, 0.2) is 5.16 Å². The van der Waals surface area contributed by atoms with E-state index in [1.54, 1.807) is 0 Å². The molecule has 1 saturated heterocycles. The van der Waals surface area contributed by atoms with Crippen molar-refractivity contribution in [2.24, 2.45) is 0 Å². The van der Waals surface area contributed by atoms with E-state index in [1.807, 2.05) is 58.9 Å². The molecule has 2 aromatic carbocycles. The molecule has 2 heterocycles. The van der Waals surface area contributed by atoms with Gasteiger partial charge in [-0.2, -0.15) is 0 Å². The lowest BCUT2D eigenvalue weighted by Gasteiger charge is -2.26. The molecule has 0 spiro atoms. The highest BCUT2D eigenvalue weighted by Gasteiger charge is 2.18. The van der Waals surface area contributed by atoms with Crippen LogP contribution in [0.4, 0.5) is 0 Å². The Hall–Kier alpha value is -3.13. The molecule has 1 fully saturated rings. The second-order valence-corrected chi connectivity index (χ2v) is 9.16. The molecule has 0 radical (unpaired) electrons. The number of hydrogen-bond acceptors (Lipinski definition) is 5. The van der Waals surface area contributed by atoms with Crippen LogP contribution in [0.1, 0.15) is 46.6 Å². The predicted molar refractivity (Wildman–Crippen MR) is 129 cm³/mol. The number of nitrogens with one attached hydrogen (secondary N) is 1. The van der Waals surface area contributed by atoms with Gasteiger partial charge in [-0.1, -0.05) is 54.2 Å². The fourth-order valence-electron chi connectivity index (χ4n) is 3.84. The van der Waals surface area contributed by atoms with E-state index in [-0.39, 0.29) is 17.6 Å². The van der Waals surface area contributed by atoms with E-state index in [2.05, 4.69) is 27.6 Å². The van der Waals surface area contributed by atoms with E-state index in [0.717, 1.165) is 48.0 Å². The number of aryl methyl sites for hydroxylation is 1. The Bertz CT molecular complexity index is 1080. The minimum Gasteiger partial charge on any atom is -0.351 e. The molecule has 4 rings (SSSR count). The van der Waals surface area contributed by atoms with Gasteiger partial charge in [0.25, 0.3) is 5.91 Å². The first-order valence-corrected chi connectivity index (χ1v) is 12.3. The van der Waals surface area contributed by atoms with Crippen molar-refractivity contribution >= 4 is 23.6 Å². The molecule has 1 aromatic heterocycles. The third-order valence-corrected chi connectivity index (χ3v) is 6.72. The zero-order chi connectivity index (χ0) is 23.0. The highest BCUT2D eigenvalue weighted by molar-refractivity contribution is 7.99. The number of likely N-dealkylation sites (tertiary alicyclic amines) is 1. The Kier molecular flexibility index (Phi) is 7.78. The van der Waals surface area contributed by atoms with Gasteiger partial charge in [0.2, 0.25) is 5.91 Å². The Morgan fingerprint density at radius 1 is 0.939 bits per heavy atom. The number of nitrogens with zero attached hydrogens (tertiary/aromatic N) is 4. The number of rotatable bonds is 8. The summed E-state index contributed by atoms with van der Waals surface area (Å²) in [6.07, 6.45) is 3.36. The van der Waals surface area contributed by atoms with Gasteiger partial charge in [0.1, 0.15) is 5.82 Å². The monoisotopic (exact) mass is 463 g/mol. The lowest BCUT2D eigenvalue weighted by molar-refractivity contribution is -0.118. The van der Waals surface area contributed by atoms with Crippen molar-refractivity contribution < 1.29 is 9.59 Å². The maximum Gasteiger partial charge on any atom is 0.253 e. The summed E-state index contributed by atoms with van der Waals surface area (Å²) < 4.78 is 2.02. The molecule has 0 saturated carbocycles. The molecular formula is C25H29N5O2S. The second-order valence-electron chi connectivity index (χ2n) is 8.22. The number of aromatic nitrogens is 3. The number of benzene rings is 2. The Balaban J connectivity index is 1.26. The van der Waals surface area contributed by atoms with E-state index < -0.39 is 0 Å². The number of hydrogen-bond donors (Lipinski definition) is 1. The summed E-state index contributed by atoms with van der Waals surface area (Å²) in [5, 5.41) is 12.1. The van der Waals surface area contributed by atoms with Crippen LogP contribution in [-0.2, 0) is 17.9 Å². The molecule has 1 aliphatic heterocycles. The van der Waals surface area contributed by atoms with Crippen LogP contribution in [0.3, 0.4) is 0 Å². The van der Waals surface area contributed by atoms with Gasteiger partial charge in [-0.3, -0.25) is 9.59 Å². The molecule has 0 bridgehead atoms. The zero-order valence-corrected chi connectivity index (χ0v) is 19.7. The largest absolute Gasteiger partial charge is 0.351 e. The molecular weight excluding hydrogens is 434 g/mol. The van der Waals surface area contributed by atoms with Crippen molar-refractivity contribution in [1.29, 1.82) is 0 Å². The maximum absolute atomic E-state index is 12.6. The summed E-state index contributed by atoms with van der Waals surface area (Å²) in [7, 11) is 0. The molecule has 7 nitrogen and oxygen atoms in total. The Morgan fingerprint density at radius 3 is 2.39 bits per heavy atom. The average Bonchev–Trinajstić information content (AvgIpc) is 3.21. The molecule has 172 valence electrons. The Labute approximate surface area is 198 Å². The predicted octanol–water partition coefficient (Wildman–Crippen LogP) is 3.67. The highest BCUT2D eigenvalue weighted by Crippen LogP contribution is 2.18. The van der Waals surface area contributed by atoms with Crippen molar-refractivity contribution in [3.8, 4) is 0 Å². The van der Waals surface area contributed by atoms with Gasteiger partial charge in [-0.05, 0) is 49.4 Å². The van der Waals surface area contributed by atoms with Gasteiger partial charge in [0, 0.05) is 25.2 Å². The van der Waals surface area contributed by atoms with E-state index in [9.17, 15) is 9.59 Å². The number of thioether (sulfide) groups is 1.